The van der Waals surface area contributed by atoms with Crippen molar-refractivity contribution in [2.45, 2.75) is 30.4 Å². The molecule has 0 N–H and O–H groups in total. The molecule has 2 aromatic rings. The number of nitrogens with zero attached hydrogens (tertiary/aromatic N) is 1. The molecule has 0 fully saturated rings. The van der Waals surface area contributed by atoms with Crippen molar-refractivity contribution in [3.05, 3.63) is 36.4 Å². The number of likely N-dealkylation sites (N-methyl/N-ethyl adjacent to an activating group) is 1. The molecule has 0 aliphatic heterocycles. The van der Waals surface area contributed by atoms with Gasteiger partial charge in [-0.1, -0.05) is 37.6 Å². The van der Waals surface area contributed by atoms with Crippen LogP contribution in [0.4, 0.5) is 5.69 Å². The van der Waals surface area contributed by atoms with Crippen molar-refractivity contribution in [1.82, 2.24) is 0 Å². The topological polar surface area (TPSA) is 107 Å². The van der Waals surface area contributed by atoms with Crippen molar-refractivity contribution in [3.8, 4) is 0 Å². The van der Waals surface area contributed by atoms with E-state index in [1.54, 1.807) is 43.1 Å². The maximum absolute atomic E-state index is 11.9. The van der Waals surface area contributed by atoms with Gasteiger partial charge in [-0.3, -0.25) is 0 Å². The summed E-state index contributed by atoms with van der Waals surface area (Å²) in [6.07, 6.45) is -2.22. The van der Waals surface area contributed by atoms with Gasteiger partial charge in [0.15, 0.2) is 0 Å². The van der Waals surface area contributed by atoms with Crippen LogP contribution in [0.5, 0.6) is 0 Å². The Labute approximate surface area is 190 Å². The number of anilines is 1. The van der Waals surface area contributed by atoms with Crippen LogP contribution in [-0.4, -0.2) is 38.8 Å². The maximum Gasteiger partial charge on any atom is 1.00 e. The Bertz CT molecular complexity index is 804. The van der Waals surface area contributed by atoms with E-state index >= 15 is 0 Å². The summed E-state index contributed by atoms with van der Waals surface area (Å²) < 4.78 is 34.1. The second-order valence-electron chi connectivity index (χ2n) is 5.45. The van der Waals surface area contributed by atoms with E-state index in [1.165, 1.54) is 12.1 Å². The number of fused-ring (bicyclic) bond motifs is 1. The van der Waals surface area contributed by atoms with E-state index in [-0.39, 0.29) is 74.4 Å². The van der Waals surface area contributed by atoms with E-state index in [0.29, 0.717) is 16.5 Å². The second kappa shape index (κ2) is 11.9. The Morgan fingerprint density at radius 1 is 0.962 bits per heavy atom. The number of hydrogen-bond acceptors (Lipinski definition) is 6. The number of hydrogen-bond donors (Lipinski definition) is 0. The van der Waals surface area contributed by atoms with Crippen LogP contribution >= 0.6 is 0 Å². The average molecular weight is 357 g/mol. The molecule has 0 saturated heterocycles. The molecule has 0 aromatic heterocycles. The Balaban J connectivity index is 0. The average Bonchev–Trinajstić information content (AvgIpc) is 2.51. The van der Waals surface area contributed by atoms with Gasteiger partial charge in [0.05, 0.1) is 4.90 Å². The number of rotatable bonds is 6. The van der Waals surface area contributed by atoms with E-state index in [1.807, 2.05) is 0 Å². The summed E-state index contributed by atoms with van der Waals surface area (Å²) in [6, 6.07) is 9.33. The van der Waals surface area contributed by atoms with Crippen LogP contribution in [0.1, 0.15) is 13.3 Å². The van der Waals surface area contributed by atoms with E-state index in [0.717, 1.165) is 0 Å². The molecule has 2 atom stereocenters. The molecular weight excluding hydrogens is 339 g/mol. The molecule has 0 radical (unpaired) electrons. The molecule has 6 nitrogen and oxygen atoms in total. The third-order valence-corrected chi connectivity index (χ3v) is 4.71. The molecule has 10 heteroatoms. The first kappa shape index (κ1) is 28.3. The van der Waals surface area contributed by atoms with Gasteiger partial charge in [-0.05, 0) is 12.1 Å². The molecule has 2 rings (SSSR count). The summed E-state index contributed by atoms with van der Waals surface area (Å²) in [5, 5.41) is 24.3. The van der Waals surface area contributed by atoms with Crippen molar-refractivity contribution >= 4 is 26.6 Å². The third-order valence-electron chi connectivity index (χ3n) is 3.81. The molecule has 0 bridgehead atoms. The van der Waals surface area contributed by atoms with Crippen LogP contribution in [0.3, 0.4) is 0 Å². The molecule has 0 amide bonds. The molecule has 0 aliphatic carbocycles. The van der Waals surface area contributed by atoms with Crippen molar-refractivity contribution in [1.29, 1.82) is 0 Å². The van der Waals surface area contributed by atoms with Crippen molar-refractivity contribution < 1.29 is 79.8 Å². The van der Waals surface area contributed by atoms with Gasteiger partial charge in [0.1, 0.15) is 10.1 Å². The third kappa shape index (κ3) is 6.62. The molecular formula is C16H18Li3NO5S. The Kier molecular flexibility index (Phi) is 12.9. The van der Waals surface area contributed by atoms with Crippen LogP contribution < -0.4 is 71.7 Å². The van der Waals surface area contributed by atoms with E-state index in [9.17, 15) is 23.2 Å². The molecule has 0 heterocycles. The normalized spacial score (nSPS) is 13.0. The van der Waals surface area contributed by atoms with Gasteiger partial charge in [0.25, 0.3) is 0 Å². The molecule has 0 saturated carbocycles. The standard InChI is InChI=1S/C16H19NO5S.3Li/c1-3-14(18)15(19)10-17(2)13-8-9-16(23(20,21)22)12-7-5-4-6-11(12)13;;;/h4-9,14-15H,3,10H2,1-2H3,(H,20,21,22);;;/q-2;3*+1/p-1. The van der Waals surface area contributed by atoms with Crippen LogP contribution in [-0.2, 0) is 10.1 Å². The van der Waals surface area contributed by atoms with Crippen molar-refractivity contribution in [2.24, 2.45) is 0 Å². The van der Waals surface area contributed by atoms with Gasteiger partial charge < -0.3 is 19.7 Å². The zero-order valence-corrected chi connectivity index (χ0v) is 16.7. The van der Waals surface area contributed by atoms with Crippen LogP contribution in [0.2, 0.25) is 0 Å². The zero-order valence-electron chi connectivity index (χ0n) is 15.9. The monoisotopic (exact) mass is 357 g/mol. The van der Waals surface area contributed by atoms with E-state index in [4.69, 9.17) is 0 Å². The quantitative estimate of drug-likeness (QED) is 0.376. The summed E-state index contributed by atoms with van der Waals surface area (Å²) >= 11 is 0. The van der Waals surface area contributed by atoms with Crippen LogP contribution in [0.25, 0.3) is 10.8 Å². The van der Waals surface area contributed by atoms with Gasteiger partial charge in [0, 0.05) is 30.1 Å². The second-order valence-corrected chi connectivity index (χ2v) is 6.80. The first-order chi connectivity index (χ1) is 10.8. The molecule has 2 unspecified atom stereocenters. The van der Waals surface area contributed by atoms with Gasteiger partial charge >= 0.3 is 56.6 Å². The number of benzene rings is 2. The first-order valence-corrected chi connectivity index (χ1v) is 8.67. The predicted molar refractivity (Wildman–Crippen MR) is 83.0 cm³/mol. The maximum atomic E-state index is 11.9. The molecule has 126 valence electrons. The fraction of sp³-hybridized carbons (Fsp3) is 0.375. The smallest absolute Gasteiger partial charge is 0.853 e. The fourth-order valence-corrected chi connectivity index (χ4v) is 3.24. The van der Waals surface area contributed by atoms with Gasteiger partial charge in [-0.25, -0.2) is 8.42 Å². The molecule has 0 spiro atoms. The first-order valence-electron chi connectivity index (χ1n) is 7.26. The Hall–Kier alpha value is 0.122. The summed E-state index contributed by atoms with van der Waals surface area (Å²) in [7, 11) is -2.93. The predicted octanol–water partition coefficient (Wildman–Crippen LogP) is -8.94. The summed E-state index contributed by atoms with van der Waals surface area (Å²) in [4.78, 5) is 1.33. The largest absolute Gasteiger partial charge is 1.00 e. The summed E-state index contributed by atoms with van der Waals surface area (Å²) in [5.41, 5.74) is 0.608. The summed E-state index contributed by atoms with van der Waals surface area (Å²) in [5.74, 6) is 0. The van der Waals surface area contributed by atoms with E-state index in [2.05, 4.69) is 0 Å². The Morgan fingerprint density at radius 2 is 1.50 bits per heavy atom. The minimum absolute atomic E-state index is 0. The van der Waals surface area contributed by atoms with Gasteiger partial charge in [-0.15, -0.1) is 12.2 Å². The Morgan fingerprint density at radius 3 is 2.00 bits per heavy atom. The SMILES string of the molecule is CCC([O-])C([O-])CN(C)c1ccc(S(=O)(=O)[O-])c2ccccc12.[Li+].[Li+].[Li+]. The zero-order chi connectivity index (χ0) is 17.2. The van der Waals surface area contributed by atoms with Crippen LogP contribution in [0, 0.1) is 0 Å². The molecule has 0 aliphatic rings. The minimum Gasteiger partial charge on any atom is -0.853 e. The van der Waals surface area contributed by atoms with Crippen molar-refractivity contribution in [3.63, 3.8) is 0 Å². The van der Waals surface area contributed by atoms with Gasteiger partial charge in [-0.2, -0.15) is 0 Å². The fourth-order valence-electron chi connectivity index (χ4n) is 2.56. The molecule has 26 heavy (non-hydrogen) atoms. The van der Waals surface area contributed by atoms with Gasteiger partial charge in [0.2, 0.25) is 0 Å². The molecule has 2 aromatic carbocycles. The van der Waals surface area contributed by atoms with Crippen LogP contribution in [0.15, 0.2) is 41.3 Å². The minimum atomic E-state index is -4.59. The van der Waals surface area contributed by atoms with E-state index < -0.39 is 22.3 Å². The van der Waals surface area contributed by atoms with Crippen molar-refractivity contribution in [2.75, 3.05) is 18.5 Å². The summed E-state index contributed by atoms with van der Waals surface area (Å²) in [6.45, 7) is 1.68.